The normalized spacial score (nSPS) is 28.0. The molecule has 1 aliphatic carbocycles. The highest BCUT2D eigenvalue weighted by atomic mass is 16.2. The van der Waals surface area contributed by atoms with E-state index in [1.54, 1.807) is 0 Å². The first-order valence-electron chi connectivity index (χ1n) is 8.24. The second kappa shape index (κ2) is 5.80. The molecule has 1 heterocycles. The molecule has 2 aliphatic rings. The van der Waals surface area contributed by atoms with E-state index in [-0.39, 0.29) is 5.91 Å². The summed E-state index contributed by atoms with van der Waals surface area (Å²) in [5, 5.41) is 0. The van der Waals surface area contributed by atoms with Crippen LogP contribution < -0.4 is 5.73 Å². The van der Waals surface area contributed by atoms with Gasteiger partial charge in [-0.3, -0.25) is 4.79 Å². The SMILES string of the molecule is CC1C(Cc2ccccc2)CCN1C(=O)C1(N)CCCC1. The molecule has 1 saturated carbocycles. The van der Waals surface area contributed by atoms with Crippen molar-refractivity contribution in [2.45, 2.75) is 57.0 Å². The van der Waals surface area contributed by atoms with Gasteiger partial charge in [0.25, 0.3) is 0 Å². The van der Waals surface area contributed by atoms with Gasteiger partial charge in [-0.25, -0.2) is 0 Å². The average Bonchev–Trinajstić information content (AvgIpc) is 3.08. The summed E-state index contributed by atoms with van der Waals surface area (Å²) in [5.74, 6) is 0.754. The third-order valence-electron chi connectivity index (χ3n) is 5.44. The van der Waals surface area contributed by atoms with E-state index in [4.69, 9.17) is 5.73 Å². The van der Waals surface area contributed by atoms with Crippen LogP contribution in [-0.4, -0.2) is 28.9 Å². The highest BCUT2D eigenvalue weighted by Gasteiger charge is 2.44. The second-order valence-corrected chi connectivity index (χ2v) is 6.84. The molecule has 1 saturated heterocycles. The maximum Gasteiger partial charge on any atom is 0.242 e. The predicted octanol–water partition coefficient (Wildman–Crippen LogP) is 2.74. The molecular weight excluding hydrogens is 260 g/mol. The second-order valence-electron chi connectivity index (χ2n) is 6.84. The Morgan fingerprint density at radius 1 is 1.29 bits per heavy atom. The monoisotopic (exact) mass is 286 g/mol. The zero-order valence-corrected chi connectivity index (χ0v) is 12.9. The zero-order valence-electron chi connectivity index (χ0n) is 12.9. The van der Waals surface area contributed by atoms with Gasteiger partial charge in [0.1, 0.15) is 0 Å². The smallest absolute Gasteiger partial charge is 0.242 e. The molecule has 1 aliphatic heterocycles. The molecule has 3 heteroatoms. The van der Waals surface area contributed by atoms with Crippen LogP contribution in [0.15, 0.2) is 30.3 Å². The lowest BCUT2D eigenvalue weighted by Gasteiger charge is -2.32. The van der Waals surface area contributed by atoms with Gasteiger partial charge in [-0.2, -0.15) is 0 Å². The Hall–Kier alpha value is -1.35. The van der Waals surface area contributed by atoms with Gasteiger partial charge in [0, 0.05) is 12.6 Å². The fourth-order valence-electron chi connectivity index (χ4n) is 3.99. The Bertz CT molecular complexity index is 493. The van der Waals surface area contributed by atoms with Crippen LogP contribution in [-0.2, 0) is 11.2 Å². The van der Waals surface area contributed by atoms with Crippen LogP contribution in [0.5, 0.6) is 0 Å². The third kappa shape index (κ3) is 2.84. The van der Waals surface area contributed by atoms with Crippen LogP contribution in [0.3, 0.4) is 0 Å². The first kappa shape index (κ1) is 14.6. The predicted molar refractivity (Wildman–Crippen MR) is 84.8 cm³/mol. The summed E-state index contributed by atoms with van der Waals surface area (Å²) in [6.07, 6.45) is 6.06. The molecule has 3 nitrogen and oxygen atoms in total. The standard InChI is InChI=1S/C18H26N2O/c1-14-16(13-15-7-3-2-4-8-15)9-12-20(14)17(21)18(19)10-5-6-11-18/h2-4,7-8,14,16H,5-6,9-13,19H2,1H3. The lowest BCUT2D eigenvalue weighted by atomic mass is 9.92. The number of amides is 1. The molecule has 1 aromatic rings. The van der Waals surface area contributed by atoms with Gasteiger partial charge in [0.2, 0.25) is 5.91 Å². The molecule has 1 aromatic carbocycles. The van der Waals surface area contributed by atoms with Crippen molar-refractivity contribution in [3.05, 3.63) is 35.9 Å². The minimum Gasteiger partial charge on any atom is -0.338 e. The number of hydrogen-bond acceptors (Lipinski definition) is 2. The Balaban J connectivity index is 1.66. The van der Waals surface area contributed by atoms with Crippen molar-refractivity contribution < 1.29 is 4.79 Å². The summed E-state index contributed by atoms with van der Waals surface area (Å²) in [4.78, 5) is 14.8. The molecule has 0 bridgehead atoms. The Labute approximate surface area is 127 Å². The number of nitrogens with zero attached hydrogens (tertiary/aromatic N) is 1. The summed E-state index contributed by atoms with van der Waals surface area (Å²) in [6.45, 7) is 3.06. The van der Waals surface area contributed by atoms with Crippen LogP contribution in [0.25, 0.3) is 0 Å². The lowest BCUT2D eigenvalue weighted by molar-refractivity contribution is -0.137. The Kier molecular flexibility index (Phi) is 4.03. The summed E-state index contributed by atoms with van der Waals surface area (Å²) < 4.78 is 0. The summed E-state index contributed by atoms with van der Waals surface area (Å²) in [6, 6.07) is 10.9. The number of likely N-dealkylation sites (tertiary alicyclic amines) is 1. The molecule has 1 amide bonds. The molecular formula is C18H26N2O. The number of carbonyl (C=O) groups excluding carboxylic acids is 1. The molecule has 2 atom stereocenters. The van der Waals surface area contributed by atoms with Crippen molar-refractivity contribution in [1.82, 2.24) is 4.90 Å². The van der Waals surface area contributed by atoms with Crippen LogP contribution in [0.4, 0.5) is 0 Å². The van der Waals surface area contributed by atoms with Crippen LogP contribution in [0.1, 0.15) is 44.6 Å². The number of hydrogen-bond donors (Lipinski definition) is 1. The highest BCUT2D eigenvalue weighted by Crippen LogP contribution is 2.34. The van der Waals surface area contributed by atoms with Crippen molar-refractivity contribution in [1.29, 1.82) is 0 Å². The summed E-state index contributed by atoms with van der Waals surface area (Å²) in [5.41, 5.74) is 7.15. The van der Waals surface area contributed by atoms with E-state index in [0.717, 1.165) is 45.1 Å². The molecule has 2 fully saturated rings. The molecule has 114 valence electrons. The average molecular weight is 286 g/mol. The molecule has 0 spiro atoms. The van der Waals surface area contributed by atoms with Gasteiger partial charge in [0.05, 0.1) is 5.54 Å². The zero-order chi connectivity index (χ0) is 14.9. The van der Waals surface area contributed by atoms with E-state index in [9.17, 15) is 4.79 Å². The van der Waals surface area contributed by atoms with Crippen molar-refractivity contribution in [2.75, 3.05) is 6.54 Å². The molecule has 0 radical (unpaired) electrons. The van der Waals surface area contributed by atoms with Crippen molar-refractivity contribution in [3.8, 4) is 0 Å². The molecule has 2 unspecified atom stereocenters. The third-order valence-corrected chi connectivity index (χ3v) is 5.44. The quantitative estimate of drug-likeness (QED) is 0.928. The van der Waals surface area contributed by atoms with Gasteiger partial charge < -0.3 is 10.6 Å². The van der Waals surface area contributed by atoms with Gasteiger partial charge in [-0.1, -0.05) is 43.2 Å². The number of nitrogens with two attached hydrogens (primary N) is 1. The Morgan fingerprint density at radius 3 is 2.62 bits per heavy atom. The summed E-state index contributed by atoms with van der Waals surface area (Å²) in [7, 11) is 0. The van der Waals surface area contributed by atoms with Gasteiger partial charge in [-0.15, -0.1) is 0 Å². The fourth-order valence-corrected chi connectivity index (χ4v) is 3.99. The van der Waals surface area contributed by atoms with Gasteiger partial charge >= 0.3 is 0 Å². The highest BCUT2D eigenvalue weighted by molar-refractivity contribution is 5.87. The number of rotatable bonds is 3. The lowest BCUT2D eigenvalue weighted by Crippen LogP contribution is -2.54. The van der Waals surface area contributed by atoms with Crippen LogP contribution in [0.2, 0.25) is 0 Å². The maximum absolute atomic E-state index is 12.8. The van der Waals surface area contributed by atoms with Gasteiger partial charge in [0.15, 0.2) is 0 Å². The minimum atomic E-state index is -0.574. The number of carbonyl (C=O) groups is 1. The molecule has 21 heavy (non-hydrogen) atoms. The number of benzene rings is 1. The minimum absolute atomic E-state index is 0.197. The van der Waals surface area contributed by atoms with E-state index in [2.05, 4.69) is 42.2 Å². The Morgan fingerprint density at radius 2 is 1.95 bits per heavy atom. The maximum atomic E-state index is 12.8. The van der Waals surface area contributed by atoms with Gasteiger partial charge in [-0.05, 0) is 44.1 Å². The summed E-state index contributed by atoms with van der Waals surface area (Å²) >= 11 is 0. The van der Waals surface area contributed by atoms with Crippen molar-refractivity contribution in [3.63, 3.8) is 0 Å². The van der Waals surface area contributed by atoms with E-state index in [0.29, 0.717) is 12.0 Å². The topological polar surface area (TPSA) is 46.3 Å². The van der Waals surface area contributed by atoms with Crippen molar-refractivity contribution in [2.24, 2.45) is 11.7 Å². The fraction of sp³-hybridized carbons (Fsp3) is 0.611. The molecule has 3 rings (SSSR count). The van der Waals surface area contributed by atoms with E-state index in [1.807, 2.05) is 0 Å². The van der Waals surface area contributed by atoms with Crippen LogP contribution >= 0.6 is 0 Å². The molecule has 0 aromatic heterocycles. The first-order valence-corrected chi connectivity index (χ1v) is 8.24. The van der Waals surface area contributed by atoms with E-state index < -0.39 is 5.54 Å². The van der Waals surface area contributed by atoms with E-state index in [1.165, 1.54) is 5.56 Å². The van der Waals surface area contributed by atoms with Crippen molar-refractivity contribution >= 4 is 5.91 Å². The van der Waals surface area contributed by atoms with E-state index >= 15 is 0 Å². The largest absolute Gasteiger partial charge is 0.338 e. The first-order chi connectivity index (χ1) is 10.1. The molecule has 2 N–H and O–H groups in total. The van der Waals surface area contributed by atoms with Crippen LogP contribution in [0, 0.1) is 5.92 Å².